The molecular formula is C20H21BrN2O2S. The number of hydrogen-bond donors (Lipinski definition) is 1. The molecule has 136 valence electrons. The third kappa shape index (κ3) is 2.90. The second-order valence-corrected chi connectivity index (χ2v) is 10.1. The molecule has 1 aliphatic carbocycles. The average Bonchev–Trinajstić information content (AvgIpc) is 3.11. The SMILES string of the molecule is CN(C)S(=O)(=O)c1ccc2c(c1)[C@H]1C=CC[C@H]1[C@@H](c1ccc(Br)cc1)N2. The van der Waals surface area contributed by atoms with Crippen LogP contribution in [0, 0.1) is 5.92 Å². The maximum Gasteiger partial charge on any atom is 0.242 e. The van der Waals surface area contributed by atoms with Gasteiger partial charge in [-0.2, -0.15) is 0 Å². The largest absolute Gasteiger partial charge is 0.378 e. The van der Waals surface area contributed by atoms with Crippen molar-refractivity contribution in [3.05, 3.63) is 70.2 Å². The number of benzene rings is 2. The lowest BCUT2D eigenvalue weighted by Gasteiger charge is -2.37. The van der Waals surface area contributed by atoms with Crippen LogP contribution in [-0.4, -0.2) is 26.8 Å². The summed E-state index contributed by atoms with van der Waals surface area (Å²) >= 11 is 3.50. The number of allylic oxidation sites excluding steroid dienone is 2. The summed E-state index contributed by atoms with van der Waals surface area (Å²) in [5.74, 6) is 0.623. The summed E-state index contributed by atoms with van der Waals surface area (Å²) in [6.07, 6.45) is 5.43. The fourth-order valence-corrected chi connectivity index (χ4v) is 5.15. The van der Waals surface area contributed by atoms with Gasteiger partial charge in [-0.05, 0) is 53.8 Å². The minimum atomic E-state index is -3.43. The van der Waals surface area contributed by atoms with Crippen LogP contribution in [0.3, 0.4) is 0 Å². The van der Waals surface area contributed by atoms with Gasteiger partial charge >= 0.3 is 0 Å². The van der Waals surface area contributed by atoms with E-state index in [0.717, 1.165) is 22.1 Å². The lowest BCUT2D eigenvalue weighted by atomic mass is 9.77. The van der Waals surface area contributed by atoms with Crippen molar-refractivity contribution >= 4 is 31.6 Å². The second-order valence-electron chi connectivity index (χ2n) is 7.06. The molecule has 1 N–H and O–H groups in total. The molecule has 26 heavy (non-hydrogen) atoms. The van der Waals surface area contributed by atoms with E-state index in [1.165, 1.54) is 9.87 Å². The van der Waals surface area contributed by atoms with Crippen LogP contribution in [0.5, 0.6) is 0 Å². The van der Waals surface area contributed by atoms with Gasteiger partial charge in [0.1, 0.15) is 0 Å². The Hall–Kier alpha value is -1.63. The first-order valence-corrected chi connectivity index (χ1v) is 10.9. The molecule has 0 unspecified atom stereocenters. The smallest absolute Gasteiger partial charge is 0.242 e. The van der Waals surface area contributed by atoms with Crippen molar-refractivity contribution in [1.29, 1.82) is 0 Å². The first-order valence-electron chi connectivity index (χ1n) is 8.63. The molecule has 0 saturated heterocycles. The molecule has 1 heterocycles. The molecule has 0 fully saturated rings. The zero-order valence-corrected chi connectivity index (χ0v) is 17.1. The molecular weight excluding hydrogens is 412 g/mol. The molecule has 4 rings (SSSR count). The van der Waals surface area contributed by atoms with Crippen LogP contribution in [0.25, 0.3) is 0 Å². The van der Waals surface area contributed by atoms with Gasteiger partial charge in [0.15, 0.2) is 0 Å². The Labute approximate surface area is 163 Å². The zero-order chi connectivity index (χ0) is 18.5. The number of nitrogens with one attached hydrogen (secondary N) is 1. The van der Waals surface area contributed by atoms with Gasteiger partial charge in [-0.15, -0.1) is 0 Å². The van der Waals surface area contributed by atoms with Gasteiger partial charge in [0.25, 0.3) is 0 Å². The molecule has 6 heteroatoms. The van der Waals surface area contributed by atoms with Crippen LogP contribution in [0.4, 0.5) is 5.69 Å². The molecule has 1 aliphatic heterocycles. The summed E-state index contributed by atoms with van der Waals surface area (Å²) in [6, 6.07) is 14.1. The van der Waals surface area contributed by atoms with E-state index < -0.39 is 10.0 Å². The summed E-state index contributed by atoms with van der Waals surface area (Å²) < 4.78 is 27.3. The van der Waals surface area contributed by atoms with Gasteiger partial charge in [-0.1, -0.05) is 40.2 Å². The van der Waals surface area contributed by atoms with Gasteiger partial charge in [0.05, 0.1) is 10.9 Å². The predicted molar refractivity (Wildman–Crippen MR) is 108 cm³/mol. The Morgan fingerprint density at radius 3 is 2.54 bits per heavy atom. The van der Waals surface area contributed by atoms with Crippen molar-refractivity contribution in [2.24, 2.45) is 5.92 Å². The number of fused-ring (bicyclic) bond motifs is 3. The van der Waals surface area contributed by atoms with Crippen molar-refractivity contribution in [3.63, 3.8) is 0 Å². The van der Waals surface area contributed by atoms with E-state index in [2.05, 4.69) is 57.7 Å². The average molecular weight is 433 g/mol. The predicted octanol–water partition coefficient (Wildman–Crippen LogP) is 4.53. The van der Waals surface area contributed by atoms with Crippen molar-refractivity contribution in [2.75, 3.05) is 19.4 Å². The van der Waals surface area contributed by atoms with Gasteiger partial charge < -0.3 is 5.32 Å². The van der Waals surface area contributed by atoms with Gasteiger partial charge in [-0.25, -0.2) is 12.7 Å². The third-order valence-electron chi connectivity index (χ3n) is 5.34. The van der Waals surface area contributed by atoms with E-state index in [1.807, 2.05) is 12.1 Å². The van der Waals surface area contributed by atoms with Gasteiger partial charge in [0.2, 0.25) is 10.0 Å². The number of rotatable bonds is 3. The Kier molecular flexibility index (Phi) is 4.45. The van der Waals surface area contributed by atoms with E-state index in [-0.39, 0.29) is 12.0 Å². The molecule has 0 radical (unpaired) electrons. The van der Waals surface area contributed by atoms with Gasteiger partial charge in [0, 0.05) is 30.2 Å². The molecule has 0 aromatic heterocycles. The van der Waals surface area contributed by atoms with Crippen LogP contribution >= 0.6 is 15.9 Å². The number of hydrogen-bond acceptors (Lipinski definition) is 3. The molecule has 0 spiro atoms. The Balaban J connectivity index is 1.77. The summed E-state index contributed by atoms with van der Waals surface area (Å²) in [7, 11) is -0.305. The van der Waals surface area contributed by atoms with Crippen LogP contribution in [-0.2, 0) is 10.0 Å². The highest BCUT2D eigenvalue weighted by atomic mass is 79.9. The minimum absolute atomic E-state index is 0.215. The third-order valence-corrected chi connectivity index (χ3v) is 7.68. The van der Waals surface area contributed by atoms with Crippen molar-refractivity contribution in [3.8, 4) is 0 Å². The van der Waals surface area contributed by atoms with Crippen molar-refractivity contribution in [1.82, 2.24) is 4.31 Å². The molecule has 0 bridgehead atoms. The highest BCUT2D eigenvalue weighted by Crippen LogP contribution is 2.50. The van der Waals surface area contributed by atoms with Crippen molar-refractivity contribution in [2.45, 2.75) is 23.3 Å². The van der Waals surface area contributed by atoms with Crippen LogP contribution in [0.1, 0.15) is 29.5 Å². The lowest BCUT2D eigenvalue weighted by molar-refractivity contribution is 0.425. The van der Waals surface area contributed by atoms with E-state index in [0.29, 0.717) is 10.8 Å². The fraction of sp³-hybridized carbons (Fsp3) is 0.300. The van der Waals surface area contributed by atoms with Crippen LogP contribution < -0.4 is 5.32 Å². The van der Waals surface area contributed by atoms with Crippen LogP contribution in [0.2, 0.25) is 0 Å². The van der Waals surface area contributed by atoms with Gasteiger partial charge in [-0.3, -0.25) is 0 Å². The molecule has 2 aromatic rings. The number of halogens is 1. The maximum absolute atomic E-state index is 12.5. The molecule has 2 aliphatic rings. The fourth-order valence-electron chi connectivity index (χ4n) is 3.94. The number of sulfonamides is 1. The lowest BCUT2D eigenvalue weighted by Crippen LogP contribution is -2.29. The molecule has 2 aromatic carbocycles. The topological polar surface area (TPSA) is 49.4 Å². The molecule has 3 atom stereocenters. The molecule has 4 nitrogen and oxygen atoms in total. The van der Waals surface area contributed by atoms with Crippen molar-refractivity contribution < 1.29 is 8.42 Å². The normalized spacial score (nSPS) is 24.2. The zero-order valence-electron chi connectivity index (χ0n) is 14.7. The molecule has 0 amide bonds. The number of nitrogens with zero attached hydrogens (tertiary/aromatic N) is 1. The van der Waals surface area contributed by atoms with E-state index in [4.69, 9.17) is 0 Å². The highest BCUT2D eigenvalue weighted by molar-refractivity contribution is 9.10. The Morgan fingerprint density at radius 2 is 1.85 bits per heavy atom. The Bertz CT molecular complexity index is 968. The highest BCUT2D eigenvalue weighted by Gasteiger charge is 2.38. The monoisotopic (exact) mass is 432 g/mol. The maximum atomic E-state index is 12.5. The summed E-state index contributed by atoms with van der Waals surface area (Å²) in [5, 5.41) is 3.65. The molecule has 0 saturated carbocycles. The van der Waals surface area contributed by atoms with E-state index >= 15 is 0 Å². The van der Waals surface area contributed by atoms with E-state index in [9.17, 15) is 8.42 Å². The van der Waals surface area contributed by atoms with Crippen LogP contribution in [0.15, 0.2) is 64.0 Å². The number of anilines is 1. The Morgan fingerprint density at radius 1 is 1.12 bits per heavy atom. The first kappa shape index (κ1) is 17.8. The summed E-state index contributed by atoms with van der Waals surface area (Å²) in [6.45, 7) is 0. The second kappa shape index (κ2) is 6.51. The van der Waals surface area contributed by atoms with E-state index in [1.54, 1.807) is 20.2 Å². The quantitative estimate of drug-likeness (QED) is 0.724. The summed E-state index contributed by atoms with van der Waals surface area (Å²) in [5.41, 5.74) is 3.34. The summed E-state index contributed by atoms with van der Waals surface area (Å²) in [4.78, 5) is 0.351. The first-order chi connectivity index (χ1) is 12.4. The standard InChI is InChI=1S/C20H21BrN2O2S/c1-23(2)26(24,25)15-10-11-19-18(12-15)16-4-3-5-17(16)20(22-19)13-6-8-14(21)9-7-13/h3-4,6-12,16-17,20,22H,5H2,1-2H3/t16-,17+,20+/m0/s1. The minimum Gasteiger partial charge on any atom is -0.378 e.